The number of thiophene rings is 1. The van der Waals surface area contributed by atoms with Gasteiger partial charge in [-0.2, -0.15) is 4.99 Å². The van der Waals surface area contributed by atoms with Crippen molar-refractivity contribution in [3.05, 3.63) is 57.3 Å². The maximum absolute atomic E-state index is 13.5. The Labute approximate surface area is 152 Å². The minimum Gasteiger partial charge on any atom is -0.380 e. The number of ether oxygens (including phenoxy) is 1. The second kappa shape index (κ2) is 8.33. The SMILES string of the molecule is CCOCCn1c(=NC(=O)C=Cc2cccs2)sc2cc(F)ccc21. The second-order valence-corrected chi connectivity index (χ2v) is 7.13. The van der Waals surface area contributed by atoms with Crippen LogP contribution < -0.4 is 4.80 Å². The van der Waals surface area contributed by atoms with Crippen molar-refractivity contribution in [2.75, 3.05) is 13.2 Å². The topological polar surface area (TPSA) is 43.6 Å². The summed E-state index contributed by atoms with van der Waals surface area (Å²) in [6.45, 7) is 3.61. The third kappa shape index (κ3) is 4.50. The van der Waals surface area contributed by atoms with E-state index in [1.807, 2.05) is 29.0 Å². The Morgan fingerprint density at radius 3 is 3.04 bits per heavy atom. The summed E-state index contributed by atoms with van der Waals surface area (Å²) >= 11 is 2.85. The number of thiazole rings is 1. The van der Waals surface area contributed by atoms with Gasteiger partial charge in [0.2, 0.25) is 0 Å². The molecule has 0 aliphatic heterocycles. The van der Waals surface area contributed by atoms with E-state index < -0.39 is 0 Å². The zero-order valence-electron chi connectivity index (χ0n) is 13.6. The Hall–Kier alpha value is -2.09. The normalized spacial score (nSPS) is 12.5. The van der Waals surface area contributed by atoms with Gasteiger partial charge in [-0.25, -0.2) is 4.39 Å². The molecule has 0 unspecified atom stereocenters. The number of benzene rings is 1. The minimum atomic E-state index is -0.342. The Bertz CT molecular complexity index is 955. The molecule has 1 amide bonds. The van der Waals surface area contributed by atoms with Crippen LogP contribution in [-0.2, 0) is 16.1 Å². The lowest BCUT2D eigenvalue weighted by Crippen LogP contribution is -2.19. The third-order valence-corrected chi connectivity index (χ3v) is 5.33. The molecule has 25 heavy (non-hydrogen) atoms. The summed E-state index contributed by atoms with van der Waals surface area (Å²) in [5.41, 5.74) is 0.847. The highest BCUT2D eigenvalue weighted by Crippen LogP contribution is 2.18. The second-order valence-electron chi connectivity index (χ2n) is 5.14. The molecule has 7 heteroatoms. The van der Waals surface area contributed by atoms with Gasteiger partial charge in [-0.05, 0) is 42.6 Å². The fourth-order valence-corrected chi connectivity index (χ4v) is 4.02. The van der Waals surface area contributed by atoms with Crippen LogP contribution in [0, 0.1) is 5.82 Å². The molecule has 2 aromatic heterocycles. The van der Waals surface area contributed by atoms with Gasteiger partial charge in [0.15, 0.2) is 4.80 Å². The van der Waals surface area contributed by atoms with Crippen molar-refractivity contribution in [1.82, 2.24) is 4.57 Å². The fourth-order valence-electron chi connectivity index (χ4n) is 2.32. The molecule has 0 saturated heterocycles. The molecule has 4 nitrogen and oxygen atoms in total. The highest BCUT2D eigenvalue weighted by molar-refractivity contribution is 7.16. The van der Waals surface area contributed by atoms with Crippen LogP contribution in [0.1, 0.15) is 11.8 Å². The molecule has 0 aliphatic carbocycles. The predicted octanol–water partition coefficient (Wildman–Crippen LogP) is 4.08. The van der Waals surface area contributed by atoms with Crippen molar-refractivity contribution in [3.63, 3.8) is 0 Å². The summed E-state index contributed by atoms with van der Waals surface area (Å²) in [7, 11) is 0. The van der Waals surface area contributed by atoms with Crippen LogP contribution in [0.15, 0.2) is 46.8 Å². The van der Waals surface area contributed by atoms with Gasteiger partial charge in [0.1, 0.15) is 5.82 Å². The number of amides is 1. The number of nitrogens with zero attached hydrogens (tertiary/aromatic N) is 2. The lowest BCUT2D eigenvalue weighted by atomic mass is 10.3. The zero-order chi connectivity index (χ0) is 17.6. The van der Waals surface area contributed by atoms with Crippen molar-refractivity contribution in [2.45, 2.75) is 13.5 Å². The minimum absolute atomic E-state index is 0.304. The van der Waals surface area contributed by atoms with Gasteiger partial charge in [0.25, 0.3) is 5.91 Å². The predicted molar refractivity (Wildman–Crippen MR) is 100 cm³/mol. The number of carbonyl (C=O) groups is 1. The first-order valence-corrected chi connectivity index (χ1v) is 9.54. The quantitative estimate of drug-likeness (QED) is 0.481. The Kier molecular flexibility index (Phi) is 5.91. The molecule has 2 heterocycles. The smallest absolute Gasteiger partial charge is 0.272 e. The highest BCUT2D eigenvalue weighted by atomic mass is 32.1. The molecule has 3 aromatic rings. The lowest BCUT2D eigenvalue weighted by molar-refractivity contribution is -0.113. The van der Waals surface area contributed by atoms with E-state index in [9.17, 15) is 9.18 Å². The molecule has 0 fully saturated rings. The van der Waals surface area contributed by atoms with Crippen molar-refractivity contribution >= 4 is 44.9 Å². The number of carbonyl (C=O) groups excluding carboxylic acids is 1. The molecule has 0 aliphatic rings. The van der Waals surface area contributed by atoms with E-state index in [2.05, 4.69) is 4.99 Å². The van der Waals surface area contributed by atoms with Gasteiger partial charge in [-0.15, -0.1) is 11.3 Å². The average Bonchev–Trinajstić information content (AvgIpc) is 3.21. The zero-order valence-corrected chi connectivity index (χ0v) is 15.3. The first-order chi connectivity index (χ1) is 12.2. The molecule has 0 atom stereocenters. The number of hydrogen-bond acceptors (Lipinski definition) is 4. The Morgan fingerprint density at radius 1 is 1.40 bits per heavy atom. The molecule has 130 valence electrons. The van der Waals surface area contributed by atoms with Crippen LogP contribution in [-0.4, -0.2) is 23.7 Å². The number of fused-ring (bicyclic) bond motifs is 1. The van der Waals surface area contributed by atoms with Crippen molar-refractivity contribution < 1.29 is 13.9 Å². The van der Waals surface area contributed by atoms with E-state index in [0.717, 1.165) is 15.1 Å². The molecular formula is C18H17FN2O2S2. The van der Waals surface area contributed by atoms with Gasteiger partial charge in [-0.3, -0.25) is 4.79 Å². The number of hydrogen-bond donors (Lipinski definition) is 0. The van der Waals surface area contributed by atoms with Crippen LogP contribution in [0.3, 0.4) is 0 Å². The molecule has 0 bridgehead atoms. The molecule has 0 N–H and O–H groups in total. The van der Waals surface area contributed by atoms with Crippen molar-refractivity contribution in [1.29, 1.82) is 0 Å². The summed E-state index contributed by atoms with van der Waals surface area (Å²) in [6.07, 6.45) is 3.19. The maximum atomic E-state index is 13.5. The van der Waals surface area contributed by atoms with Gasteiger partial charge >= 0.3 is 0 Å². The van der Waals surface area contributed by atoms with E-state index in [4.69, 9.17) is 4.74 Å². The third-order valence-electron chi connectivity index (χ3n) is 3.45. The number of aromatic nitrogens is 1. The van der Waals surface area contributed by atoms with E-state index in [1.54, 1.807) is 23.5 Å². The van der Waals surface area contributed by atoms with Crippen molar-refractivity contribution in [2.24, 2.45) is 4.99 Å². The van der Waals surface area contributed by atoms with E-state index in [0.29, 0.717) is 24.6 Å². The Balaban J connectivity index is 1.95. The average molecular weight is 376 g/mol. The van der Waals surface area contributed by atoms with Crippen LogP contribution in [0.25, 0.3) is 16.3 Å². The van der Waals surface area contributed by atoms with Gasteiger partial charge in [0, 0.05) is 24.1 Å². The monoisotopic (exact) mass is 376 g/mol. The van der Waals surface area contributed by atoms with E-state index in [-0.39, 0.29) is 11.7 Å². The van der Waals surface area contributed by atoms with Crippen molar-refractivity contribution in [3.8, 4) is 0 Å². The summed E-state index contributed by atoms with van der Waals surface area (Å²) in [5.74, 6) is -0.647. The van der Waals surface area contributed by atoms with E-state index in [1.165, 1.54) is 29.5 Å². The molecule has 1 aromatic carbocycles. The molecule has 0 saturated carbocycles. The number of rotatable bonds is 6. The molecule has 3 rings (SSSR count). The highest BCUT2D eigenvalue weighted by Gasteiger charge is 2.08. The van der Waals surface area contributed by atoms with Crippen LogP contribution in [0.5, 0.6) is 0 Å². The van der Waals surface area contributed by atoms with Gasteiger partial charge in [-0.1, -0.05) is 17.4 Å². The summed E-state index contributed by atoms with van der Waals surface area (Å²) < 4.78 is 21.5. The maximum Gasteiger partial charge on any atom is 0.272 e. The van der Waals surface area contributed by atoms with Gasteiger partial charge < -0.3 is 9.30 Å². The lowest BCUT2D eigenvalue weighted by Gasteiger charge is -2.05. The molecule has 0 spiro atoms. The summed E-state index contributed by atoms with van der Waals surface area (Å²) in [6, 6.07) is 8.43. The number of halogens is 1. The van der Waals surface area contributed by atoms with E-state index >= 15 is 0 Å². The van der Waals surface area contributed by atoms with Crippen LogP contribution in [0.4, 0.5) is 4.39 Å². The van der Waals surface area contributed by atoms with Crippen LogP contribution >= 0.6 is 22.7 Å². The fraction of sp³-hybridized carbons (Fsp3) is 0.222. The van der Waals surface area contributed by atoms with Gasteiger partial charge in [0.05, 0.1) is 16.8 Å². The standard InChI is InChI=1S/C18H17FN2O2S2/c1-2-23-10-9-21-15-7-5-13(19)12-16(15)25-18(21)20-17(22)8-6-14-4-3-11-24-14/h3-8,11-12H,2,9-10H2,1H3. The first-order valence-electron chi connectivity index (χ1n) is 7.84. The van der Waals surface area contributed by atoms with Crippen LogP contribution in [0.2, 0.25) is 0 Å². The largest absolute Gasteiger partial charge is 0.380 e. The summed E-state index contributed by atoms with van der Waals surface area (Å²) in [4.78, 5) is 17.9. The molecular weight excluding hydrogens is 359 g/mol. The first kappa shape index (κ1) is 17.7. The summed E-state index contributed by atoms with van der Waals surface area (Å²) in [5, 5.41) is 1.95. The molecule has 0 radical (unpaired) electrons. The Morgan fingerprint density at radius 2 is 2.28 bits per heavy atom.